The van der Waals surface area contributed by atoms with E-state index in [1.807, 2.05) is 19.1 Å². The summed E-state index contributed by atoms with van der Waals surface area (Å²) in [7, 11) is 0. The Balaban J connectivity index is 0.891. The summed E-state index contributed by atoms with van der Waals surface area (Å²) in [5.41, 5.74) is 14.4. The molecule has 0 bridgehead atoms. The molecule has 7 unspecified atom stereocenters. The molecule has 0 N–H and O–H groups in total. The number of ether oxygens (including phenoxy) is 16. The van der Waals surface area contributed by atoms with Gasteiger partial charge in [-0.05, 0) is 151 Å². The summed E-state index contributed by atoms with van der Waals surface area (Å²) in [6.07, 6.45) is 3.11. The first-order valence-electron chi connectivity index (χ1n) is 37.8. The molecule has 0 aliphatic carbocycles. The van der Waals surface area contributed by atoms with Crippen LogP contribution in [0.25, 0.3) is 0 Å². The third kappa shape index (κ3) is 17.8. The van der Waals surface area contributed by atoms with Crippen molar-refractivity contribution in [2.24, 2.45) is 0 Å². The normalized spacial score (nSPS) is 20.7. The minimum Gasteiger partial charge on any atom is -0.491 e. The van der Waals surface area contributed by atoms with E-state index in [1.54, 1.807) is 0 Å². The van der Waals surface area contributed by atoms with Gasteiger partial charge in [0.25, 0.3) is 0 Å². The summed E-state index contributed by atoms with van der Waals surface area (Å²) >= 11 is 0. The molecule has 105 heavy (non-hydrogen) atoms. The van der Waals surface area contributed by atoms with E-state index >= 15 is 0 Å². The van der Waals surface area contributed by atoms with Gasteiger partial charge in [-0.1, -0.05) is 159 Å². The van der Waals surface area contributed by atoms with Crippen molar-refractivity contribution >= 4 is 0 Å². The first-order valence-corrected chi connectivity index (χ1v) is 37.8. The molecular formula is C89H102O16. The fourth-order valence-corrected chi connectivity index (χ4v) is 13.9. The van der Waals surface area contributed by atoms with Crippen LogP contribution in [0.1, 0.15) is 159 Å². The van der Waals surface area contributed by atoms with Gasteiger partial charge in [0, 0.05) is 54.0 Å². The van der Waals surface area contributed by atoms with Crippen LogP contribution in [-0.2, 0) is 85.2 Å². The molecule has 0 saturated carbocycles. The van der Waals surface area contributed by atoms with Crippen molar-refractivity contribution in [1.82, 2.24) is 0 Å². The average Bonchev–Trinajstić information content (AvgIpc) is 1.60. The number of epoxide rings is 6. The molecule has 7 fully saturated rings. The molecule has 15 rings (SSSR count). The zero-order chi connectivity index (χ0) is 72.5. The molecule has 7 atom stereocenters. The van der Waals surface area contributed by atoms with Crippen LogP contribution >= 0.6 is 0 Å². The SMILES string of the molecule is CCOCOc1ccc(C(C)(C)c2cc(Cc3cc(C(C)(C)c4ccc(OCC5CO5)cc4)cc(CC)c3OCC3CO3)c(OCC3CO3)c(Cc3cc(C(C)(C)c4ccc(OCC5CO5)cc4)cc(Cc4cc(C(C)(C)c5ccc(OC6CCO6)cc5)ccc4OCC4CO4)c3OCC3CO3)c2)cc1. The van der Waals surface area contributed by atoms with Gasteiger partial charge in [-0.25, -0.2) is 0 Å². The summed E-state index contributed by atoms with van der Waals surface area (Å²) in [4.78, 5) is 0. The van der Waals surface area contributed by atoms with Gasteiger partial charge in [0.1, 0.15) is 122 Å². The largest absolute Gasteiger partial charge is 0.491 e. The lowest BCUT2D eigenvalue weighted by Crippen LogP contribution is -2.32. The lowest BCUT2D eigenvalue weighted by Gasteiger charge is -2.31. The zero-order valence-corrected chi connectivity index (χ0v) is 62.6. The van der Waals surface area contributed by atoms with Crippen LogP contribution in [0, 0.1) is 0 Å². The van der Waals surface area contributed by atoms with E-state index in [1.165, 1.54) is 11.1 Å². The maximum absolute atomic E-state index is 7.41. The topological polar surface area (TPSA) is 167 Å². The third-order valence-corrected chi connectivity index (χ3v) is 21.9. The molecule has 16 nitrogen and oxygen atoms in total. The molecule has 16 heteroatoms. The summed E-state index contributed by atoms with van der Waals surface area (Å²) in [6, 6.07) is 54.9. The Morgan fingerprint density at radius 1 is 0.314 bits per heavy atom. The minimum atomic E-state index is -0.552. The molecule has 554 valence electrons. The first kappa shape index (κ1) is 72.4. The average molecular weight is 1430 g/mol. The van der Waals surface area contributed by atoms with Gasteiger partial charge in [-0.3, -0.25) is 0 Å². The van der Waals surface area contributed by atoms with E-state index in [2.05, 4.69) is 202 Å². The monoisotopic (exact) mass is 1430 g/mol. The van der Waals surface area contributed by atoms with Crippen molar-refractivity contribution in [1.29, 1.82) is 0 Å². The van der Waals surface area contributed by atoms with Gasteiger partial charge < -0.3 is 75.8 Å². The van der Waals surface area contributed by atoms with Crippen LogP contribution in [0.3, 0.4) is 0 Å². The molecule has 8 aromatic rings. The van der Waals surface area contributed by atoms with Crippen molar-refractivity contribution < 1.29 is 75.8 Å². The van der Waals surface area contributed by atoms with Gasteiger partial charge in [0.15, 0.2) is 6.79 Å². The highest BCUT2D eigenvalue weighted by atomic mass is 16.7. The molecule has 0 radical (unpaired) electrons. The first-order chi connectivity index (χ1) is 50.8. The second-order valence-electron chi connectivity index (χ2n) is 31.2. The van der Waals surface area contributed by atoms with E-state index < -0.39 is 21.7 Å². The van der Waals surface area contributed by atoms with Crippen molar-refractivity contribution in [3.8, 4) is 46.0 Å². The van der Waals surface area contributed by atoms with Crippen molar-refractivity contribution in [3.05, 3.63) is 235 Å². The van der Waals surface area contributed by atoms with Gasteiger partial charge >= 0.3 is 0 Å². The zero-order valence-electron chi connectivity index (χ0n) is 62.6. The highest BCUT2D eigenvalue weighted by Gasteiger charge is 2.36. The Morgan fingerprint density at radius 3 is 0.952 bits per heavy atom. The van der Waals surface area contributed by atoms with Crippen molar-refractivity contribution in [2.45, 2.75) is 166 Å². The molecule has 0 amide bonds. The summed E-state index contributed by atoms with van der Waals surface area (Å²) in [5.74, 6) is 6.42. The Morgan fingerprint density at radius 2 is 0.610 bits per heavy atom. The minimum absolute atomic E-state index is 0.0351. The maximum Gasteiger partial charge on any atom is 0.202 e. The van der Waals surface area contributed by atoms with Crippen LogP contribution in [0.4, 0.5) is 0 Å². The van der Waals surface area contributed by atoms with E-state index in [0.717, 1.165) is 151 Å². The number of rotatable bonds is 39. The Kier molecular flexibility index (Phi) is 21.4. The van der Waals surface area contributed by atoms with Crippen LogP contribution < -0.4 is 37.9 Å². The second kappa shape index (κ2) is 31.0. The molecule has 7 saturated heterocycles. The number of aryl methyl sites for hydroxylation is 1. The highest BCUT2D eigenvalue weighted by Crippen LogP contribution is 2.47. The number of hydrogen-bond donors (Lipinski definition) is 0. The Hall–Kier alpha value is -8.16. The quantitative estimate of drug-likeness (QED) is 0.0203. The van der Waals surface area contributed by atoms with Crippen molar-refractivity contribution in [2.75, 3.05) is 99.3 Å². The van der Waals surface area contributed by atoms with Gasteiger partial charge in [-0.2, -0.15) is 0 Å². The van der Waals surface area contributed by atoms with Gasteiger partial charge in [-0.15, -0.1) is 0 Å². The molecule has 7 aliphatic heterocycles. The lowest BCUT2D eigenvalue weighted by molar-refractivity contribution is -0.165. The summed E-state index contributed by atoms with van der Waals surface area (Å²) in [6.45, 7) is 30.8. The lowest BCUT2D eigenvalue weighted by atomic mass is 9.74. The standard InChI is InChI=1S/C89H102O16/c1-11-56-36-68(87(5,6)64-13-22-71(23-14-64)92-43-75-45-94-75)39-59(83(56)101-52-78-48-97-78)34-60-40-70(89(9,10)66-17-26-73(27-18-66)104-55-90-12-2)42-62(85(60)103-54-80-50-99-80)35-61-41-69(88(7,8)65-15-24-72(25-16-65)93-44-76-46-95-76)38-58(84(61)102-53-79-49-98-79)33-57-37-67(21-30-81(57)100-51-77-47-96-77)86(3,4)63-19-28-74(29-20-63)105-82-31-32-91-82/h13-30,36-42,75-80,82H,11-12,31-35,43-55H2,1-10H3. The molecule has 0 aromatic heterocycles. The van der Waals surface area contributed by atoms with E-state index in [4.69, 9.17) is 75.8 Å². The maximum atomic E-state index is 7.41. The predicted molar refractivity (Wildman–Crippen MR) is 401 cm³/mol. The van der Waals surface area contributed by atoms with Gasteiger partial charge in [0.05, 0.1) is 46.2 Å². The van der Waals surface area contributed by atoms with Crippen LogP contribution in [0.5, 0.6) is 46.0 Å². The molecular weight excluding hydrogens is 1320 g/mol. The fraction of sp³-hybridized carbons (Fsp3) is 0.461. The smallest absolute Gasteiger partial charge is 0.202 e. The predicted octanol–water partition coefficient (Wildman–Crippen LogP) is 15.5. The van der Waals surface area contributed by atoms with Crippen LogP contribution in [0.2, 0.25) is 0 Å². The highest BCUT2D eigenvalue weighted by molar-refractivity contribution is 5.60. The second-order valence-corrected chi connectivity index (χ2v) is 31.2. The van der Waals surface area contributed by atoms with Crippen LogP contribution in [-0.4, -0.2) is 142 Å². The third-order valence-electron chi connectivity index (χ3n) is 21.9. The van der Waals surface area contributed by atoms with E-state index in [0.29, 0.717) is 91.9 Å². The van der Waals surface area contributed by atoms with E-state index in [9.17, 15) is 0 Å². The summed E-state index contributed by atoms with van der Waals surface area (Å²) < 4.78 is 99.0. The van der Waals surface area contributed by atoms with Gasteiger partial charge in [0.2, 0.25) is 6.29 Å². The van der Waals surface area contributed by atoms with Crippen LogP contribution in [0.15, 0.2) is 152 Å². The number of hydrogen-bond acceptors (Lipinski definition) is 16. The molecule has 8 aromatic carbocycles. The number of benzene rings is 8. The fourth-order valence-electron chi connectivity index (χ4n) is 13.9. The van der Waals surface area contributed by atoms with E-state index in [-0.39, 0.29) is 49.7 Å². The Bertz CT molecular complexity index is 4290. The molecule has 7 aliphatic rings. The molecule has 0 spiro atoms. The summed E-state index contributed by atoms with van der Waals surface area (Å²) in [5, 5.41) is 0. The molecule has 7 heterocycles. The van der Waals surface area contributed by atoms with Crippen molar-refractivity contribution in [3.63, 3.8) is 0 Å². The Labute approximate surface area is 619 Å².